The highest BCUT2D eigenvalue weighted by atomic mass is 16.5. The molecule has 1 aromatic rings. The zero-order chi connectivity index (χ0) is 11.4. The second-order valence-electron chi connectivity index (χ2n) is 4.53. The van der Waals surface area contributed by atoms with Crippen LogP contribution in [0.2, 0.25) is 0 Å². The fourth-order valence-electron chi connectivity index (χ4n) is 2.03. The van der Waals surface area contributed by atoms with E-state index in [0.29, 0.717) is 12.6 Å². The Kier molecular flexibility index (Phi) is 4.02. The quantitative estimate of drug-likeness (QED) is 0.771. The molecule has 1 aliphatic rings. The van der Waals surface area contributed by atoms with Crippen LogP contribution in [-0.4, -0.2) is 13.7 Å². The van der Waals surface area contributed by atoms with Gasteiger partial charge in [0, 0.05) is 7.11 Å². The van der Waals surface area contributed by atoms with Gasteiger partial charge in [0.15, 0.2) is 0 Å². The number of hydrogen-bond acceptors (Lipinski definition) is 3. The van der Waals surface area contributed by atoms with E-state index in [1.165, 1.54) is 19.3 Å². The van der Waals surface area contributed by atoms with Crippen LogP contribution in [0.5, 0.6) is 0 Å². The van der Waals surface area contributed by atoms with Crippen molar-refractivity contribution >= 4 is 0 Å². The van der Waals surface area contributed by atoms with E-state index in [-0.39, 0.29) is 0 Å². The van der Waals surface area contributed by atoms with Crippen LogP contribution in [0.4, 0.5) is 0 Å². The van der Waals surface area contributed by atoms with Crippen LogP contribution in [0.25, 0.3) is 0 Å². The van der Waals surface area contributed by atoms with Gasteiger partial charge < -0.3 is 14.5 Å². The lowest BCUT2D eigenvalue weighted by Crippen LogP contribution is -2.20. The topological polar surface area (TPSA) is 34.4 Å². The van der Waals surface area contributed by atoms with Crippen molar-refractivity contribution < 1.29 is 9.15 Å². The van der Waals surface area contributed by atoms with E-state index in [4.69, 9.17) is 9.15 Å². The molecule has 3 heteroatoms. The summed E-state index contributed by atoms with van der Waals surface area (Å²) in [5.41, 5.74) is 0. The molecule has 3 nitrogen and oxygen atoms in total. The van der Waals surface area contributed by atoms with E-state index in [2.05, 4.69) is 18.3 Å². The molecule has 0 aliphatic heterocycles. The summed E-state index contributed by atoms with van der Waals surface area (Å²) in [5, 5.41) is 3.49. The number of nitrogens with one attached hydrogen (secondary N) is 1. The third kappa shape index (κ3) is 3.09. The maximum atomic E-state index is 5.78. The summed E-state index contributed by atoms with van der Waals surface area (Å²) in [6, 6.07) is 4.46. The summed E-state index contributed by atoms with van der Waals surface area (Å²) in [7, 11) is 1.69. The molecular formula is C13H21NO2. The molecule has 1 N–H and O–H groups in total. The SMILES string of the molecule is CCNC(CC1CC1)c1ccc(COC)o1. The van der Waals surface area contributed by atoms with E-state index in [1.807, 2.05) is 6.07 Å². The molecule has 0 amide bonds. The molecule has 16 heavy (non-hydrogen) atoms. The molecule has 1 aromatic heterocycles. The van der Waals surface area contributed by atoms with Crippen LogP contribution < -0.4 is 5.32 Å². The van der Waals surface area contributed by atoms with Crippen LogP contribution in [0.1, 0.15) is 43.7 Å². The molecular weight excluding hydrogens is 202 g/mol. The summed E-state index contributed by atoms with van der Waals surface area (Å²) >= 11 is 0. The first-order valence-corrected chi connectivity index (χ1v) is 6.14. The van der Waals surface area contributed by atoms with Crippen molar-refractivity contribution in [3.8, 4) is 0 Å². The molecule has 0 spiro atoms. The fourth-order valence-corrected chi connectivity index (χ4v) is 2.03. The predicted molar refractivity (Wildman–Crippen MR) is 63.2 cm³/mol. The molecule has 1 saturated carbocycles. The highest BCUT2D eigenvalue weighted by molar-refractivity contribution is 5.11. The maximum absolute atomic E-state index is 5.78. The number of methoxy groups -OCH3 is 1. The second-order valence-corrected chi connectivity index (χ2v) is 4.53. The predicted octanol–water partition coefficient (Wildman–Crippen LogP) is 2.88. The Labute approximate surface area is 97.2 Å². The largest absolute Gasteiger partial charge is 0.462 e. The summed E-state index contributed by atoms with van der Waals surface area (Å²) in [5.74, 6) is 2.87. The first kappa shape index (κ1) is 11.7. The molecule has 1 unspecified atom stereocenters. The highest BCUT2D eigenvalue weighted by Gasteiger charge is 2.27. The lowest BCUT2D eigenvalue weighted by atomic mass is 10.1. The summed E-state index contributed by atoms with van der Waals surface area (Å²) in [4.78, 5) is 0. The average molecular weight is 223 g/mol. The Morgan fingerprint density at radius 1 is 1.50 bits per heavy atom. The minimum absolute atomic E-state index is 0.378. The van der Waals surface area contributed by atoms with E-state index < -0.39 is 0 Å². The molecule has 1 heterocycles. The molecule has 0 radical (unpaired) electrons. The van der Waals surface area contributed by atoms with E-state index in [9.17, 15) is 0 Å². The van der Waals surface area contributed by atoms with Crippen LogP contribution >= 0.6 is 0 Å². The Morgan fingerprint density at radius 3 is 2.94 bits per heavy atom. The lowest BCUT2D eigenvalue weighted by Gasteiger charge is -2.14. The van der Waals surface area contributed by atoms with Gasteiger partial charge in [-0.25, -0.2) is 0 Å². The van der Waals surface area contributed by atoms with E-state index in [1.54, 1.807) is 7.11 Å². The summed E-state index contributed by atoms with van der Waals surface area (Å²) in [6.07, 6.45) is 3.97. The normalized spacial score (nSPS) is 17.6. The summed E-state index contributed by atoms with van der Waals surface area (Å²) < 4.78 is 10.8. The molecule has 0 saturated heterocycles. The van der Waals surface area contributed by atoms with Crippen molar-refractivity contribution in [2.45, 2.75) is 38.8 Å². The molecule has 1 aliphatic carbocycles. The second kappa shape index (κ2) is 5.51. The van der Waals surface area contributed by atoms with Crippen LogP contribution in [0, 0.1) is 5.92 Å². The first-order valence-electron chi connectivity index (χ1n) is 6.14. The Hall–Kier alpha value is -0.800. The number of furan rings is 1. The van der Waals surface area contributed by atoms with Gasteiger partial charge in [0.1, 0.15) is 18.1 Å². The van der Waals surface area contributed by atoms with Crippen LogP contribution in [-0.2, 0) is 11.3 Å². The minimum Gasteiger partial charge on any atom is -0.462 e. The van der Waals surface area contributed by atoms with Gasteiger partial charge in [0.2, 0.25) is 0 Å². The van der Waals surface area contributed by atoms with Crippen molar-refractivity contribution in [2.75, 3.05) is 13.7 Å². The number of ether oxygens (including phenoxy) is 1. The Balaban J connectivity index is 1.98. The van der Waals surface area contributed by atoms with Crippen molar-refractivity contribution in [2.24, 2.45) is 5.92 Å². The summed E-state index contributed by atoms with van der Waals surface area (Å²) in [6.45, 7) is 3.68. The fraction of sp³-hybridized carbons (Fsp3) is 0.692. The van der Waals surface area contributed by atoms with Crippen molar-refractivity contribution in [3.63, 3.8) is 0 Å². The van der Waals surface area contributed by atoms with Gasteiger partial charge in [0.05, 0.1) is 6.04 Å². The monoisotopic (exact) mass is 223 g/mol. The van der Waals surface area contributed by atoms with Crippen molar-refractivity contribution in [3.05, 3.63) is 23.7 Å². The molecule has 1 fully saturated rings. The number of rotatable bonds is 7. The zero-order valence-corrected chi connectivity index (χ0v) is 10.2. The van der Waals surface area contributed by atoms with Gasteiger partial charge >= 0.3 is 0 Å². The highest BCUT2D eigenvalue weighted by Crippen LogP contribution is 2.37. The minimum atomic E-state index is 0.378. The Morgan fingerprint density at radius 2 is 2.31 bits per heavy atom. The molecule has 2 rings (SSSR count). The average Bonchev–Trinajstić information content (AvgIpc) is 2.96. The molecule has 90 valence electrons. The van der Waals surface area contributed by atoms with E-state index in [0.717, 1.165) is 24.0 Å². The number of hydrogen-bond donors (Lipinski definition) is 1. The van der Waals surface area contributed by atoms with Gasteiger partial charge in [0.25, 0.3) is 0 Å². The molecule has 0 aromatic carbocycles. The maximum Gasteiger partial charge on any atom is 0.129 e. The third-order valence-corrected chi connectivity index (χ3v) is 3.03. The van der Waals surface area contributed by atoms with Gasteiger partial charge in [-0.2, -0.15) is 0 Å². The first-order chi connectivity index (χ1) is 7.83. The zero-order valence-electron chi connectivity index (χ0n) is 10.2. The van der Waals surface area contributed by atoms with Gasteiger partial charge in [-0.3, -0.25) is 0 Å². The van der Waals surface area contributed by atoms with Crippen molar-refractivity contribution in [1.82, 2.24) is 5.32 Å². The molecule has 1 atom stereocenters. The van der Waals surface area contributed by atoms with Gasteiger partial charge in [-0.15, -0.1) is 0 Å². The van der Waals surface area contributed by atoms with Gasteiger partial charge in [-0.05, 0) is 31.0 Å². The van der Waals surface area contributed by atoms with Gasteiger partial charge in [-0.1, -0.05) is 19.8 Å². The Bertz CT molecular complexity index is 317. The standard InChI is InChI=1S/C13H21NO2/c1-3-14-12(8-10-4-5-10)13-7-6-11(16-13)9-15-2/h6-7,10,12,14H,3-5,8-9H2,1-2H3. The molecule has 0 bridgehead atoms. The van der Waals surface area contributed by atoms with Crippen LogP contribution in [0.3, 0.4) is 0 Å². The lowest BCUT2D eigenvalue weighted by molar-refractivity contribution is 0.161. The smallest absolute Gasteiger partial charge is 0.129 e. The van der Waals surface area contributed by atoms with Crippen molar-refractivity contribution in [1.29, 1.82) is 0 Å². The van der Waals surface area contributed by atoms with Crippen LogP contribution in [0.15, 0.2) is 16.5 Å². The third-order valence-electron chi connectivity index (χ3n) is 3.03. The van der Waals surface area contributed by atoms with E-state index >= 15 is 0 Å².